The molecule has 0 fully saturated rings. The lowest BCUT2D eigenvalue weighted by molar-refractivity contribution is -0.119. The molecule has 9 heteroatoms. The first-order chi connectivity index (χ1) is 15.3. The first-order valence-corrected chi connectivity index (χ1v) is 11.2. The number of thioether (sulfide) groups is 1. The number of amides is 1. The molecule has 0 radical (unpaired) electrons. The fourth-order valence-corrected chi connectivity index (χ4v) is 3.12. The van der Waals surface area contributed by atoms with Gasteiger partial charge in [-0.3, -0.25) is 4.79 Å². The number of ether oxygens (including phenoxy) is 4. The lowest BCUT2D eigenvalue weighted by Gasteiger charge is -2.12. The molecule has 0 aromatic heterocycles. The summed E-state index contributed by atoms with van der Waals surface area (Å²) in [7, 11) is 6.36. The maximum atomic E-state index is 10.3. The molecule has 0 heterocycles. The molecule has 1 amide bonds. The summed E-state index contributed by atoms with van der Waals surface area (Å²) in [6, 6.07) is 8.92. The Morgan fingerprint density at radius 2 is 1.50 bits per heavy atom. The molecule has 2 aromatic rings. The van der Waals surface area contributed by atoms with Crippen LogP contribution in [-0.4, -0.2) is 52.4 Å². The zero-order valence-electron chi connectivity index (χ0n) is 19.2. The second-order valence-electron chi connectivity index (χ2n) is 6.58. The van der Waals surface area contributed by atoms with Gasteiger partial charge in [0.15, 0.2) is 11.5 Å². The molecule has 0 spiro atoms. The van der Waals surface area contributed by atoms with Crippen LogP contribution in [0, 0.1) is 0 Å². The van der Waals surface area contributed by atoms with Crippen molar-refractivity contribution in [1.29, 1.82) is 0 Å². The zero-order valence-corrected chi connectivity index (χ0v) is 20.0. The van der Waals surface area contributed by atoms with E-state index in [1.165, 1.54) is 0 Å². The lowest BCUT2D eigenvalue weighted by Crippen LogP contribution is -2.36. The van der Waals surface area contributed by atoms with Gasteiger partial charge in [0.2, 0.25) is 11.7 Å². The molecule has 1 atom stereocenters. The van der Waals surface area contributed by atoms with Gasteiger partial charge in [0.25, 0.3) is 0 Å². The highest BCUT2D eigenvalue weighted by Gasteiger charge is 2.12. The van der Waals surface area contributed by atoms with E-state index in [0.717, 1.165) is 16.9 Å². The number of anilines is 1. The van der Waals surface area contributed by atoms with Gasteiger partial charge >= 0.3 is 0 Å². The van der Waals surface area contributed by atoms with Crippen LogP contribution in [0.4, 0.5) is 5.69 Å². The van der Waals surface area contributed by atoms with E-state index in [-0.39, 0.29) is 0 Å². The van der Waals surface area contributed by atoms with Crippen molar-refractivity contribution in [2.75, 3.05) is 46.2 Å². The average Bonchev–Trinajstić information content (AvgIpc) is 2.80. The molecule has 2 rings (SSSR count). The quantitative estimate of drug-likeness (QED) is 0.362. The van der Waals surface area contributed by atoms with E-state index in [2.05, 4.69) is 0 Å². The van der Waals surface area contributed by atoms with Crippen LogP contribution in [0.3, 0.4) is 0 Å². The molecule has 8 nitrogen and oxygen atoms in total. The number of carbonyl (C=O) groups excluding carboxylic acids is 1. The van der Waals surface area contributed by atoms with E-state index in [0.29, 0.717) is 35.1 Å². The van der Waals surface area contributed by atoms with Crippen LogP contribution in [0.5, 0.6) is 23.0 Å². The van der Waals surface area contributed by atoms with Gasteiger partial charge in [-0.2, -0.15) is 11.8 Å². The Kier molecular flexibility index (Phi) is 11.9. The summed E-state index contributed by atoms with van der Waals surface area (Å²) in [5.41, 5.74) is 18.6. The summed E-state index contributed by atoms with van der Waals surface area (Å²) in [6.45, 7) is 0. The Labute approximate surface area is 194 Å². The number of nitrogen functional groups attached to an aromatic ring is 1. The smallest absolute Gasteiger partial charge is 0.234 e. The summed E-state index contributed by atoms with van der Waals surface area (Å²) >= 11 is 1.66. The number of benzene rings is 2. The number of carbonyl (C=O) groups is 1. The van der Waals surface area contributed by atoms with Gasteiger partial charge < -0.3 is 36.1 Å². The summed E-state index contributed by atoms with van der Waals surface area (Å²) in [6.07, 6.45) is 6.55. The standard InChI is InChI=1S/C18H21NO4.C5H12N2OS/c1-20-15-8-7-12(9-14(15)19)5-6-13-10-16(21-2)18(23-4)17(11-13)22-3;1-9-3-2-4(6)5(7)8/h5-11H,19H2,1-4H3;4H,2-3,6H2,1H3,(H2,7,8)/b6-5-;/t;4-/m.0/s1. The summed E-state index contributed by atoms with van der Waals surface area (Å²) in [5.74, 6) is 2.94. The molecule has 0 unspecified atom stereocenters. The first-order valence-electron chi connectivity index (χ1n) is 9.76. The van der Waals surface area contributed by atoms with Gasteiger partial charge in [0, 0.05) is 0 Å². The second-order valence-corrected chi connectivity index (χ2v) is 7.57. The van der Waals surface area contributed by atoms with Crippen LogP contribution >= 0.6 is 11.8 Å². The minimum Gasteiger partial charge on any atom is -0.495 e. The van der Waals surface area contributed by atoms with Crippen molar-refractivity contribution in [1.82, 2.24) is 0 Å². The number of hydrogen-bond acceptors (Lipinski definition) is 8. The molecule has 0 aliphatic heterocycles. The van der Waals surface area contributed by atoms with E-state index in [9.17, 15) is 4.79 Å². The molecular weight excluding hydrogens is 430 g/mol. The Balaban J connectivity index is 0.000000482. The molecule has 176 valence electrons. The van der Waals surface area contributed by atoms with Gasteiger partial charge in [0.1, 0.15) is 5.75 Å². The highest BCUT2D eigenvalue weighted by molar-refractivity contribution is 7.98. The van der Waals surface area contributed by atoms with Crippen molar-refractivity contribution in [3.8, 4) is 23.0 Å². The second kappa shape index (κ2) is 14.1. The highest BCUT2D eigenvalue weighted by atomic mass is 32.2. The molecule has 2 aromatic carbocycles. The van der Waals surface area contributed by atoms with Crippen molar-refractivity contribution in [3.05, 3.63) is 41.5 Å². The first kappa shape index (κ1) is 27.0. The average molecular weight is 464 g/mol. The predicted molar refractivity (Wildman–Crippen MR) is 133 cm³/mol. The van der Waals surface area contributed by atoms with Gasteiger partial charge in [0.05, 0.1) is 40.2 Å². The van der Waals surface area contributed by atoms with Crippen molar-refractivity contribution in [3.63, 3.8) is 0 Å². The monoisotopic (exact) mass is 463 g/mol. The number of hydrogen-bond donors (Lipinski definition) is 3. The Bertz CT molecular complexity index is 880. The van der Waals surface area contributed by atoms with Crippen LogP contribution in [0.15, 0.2) is 30.3 Å². The van der Waals surface area contributed by atoms with Crippen LogP contribution in [0.1, 0.15) is 17.5 Å². The van der Waals surface area contributed by atoms with Crippen LogP contribution in [0.25, 0.3) is 12.2 Å². The minimum atomic E-state index is -0.461. The van der Waals surface area contributed by atoms with E-state index in [1.54, 1.807) is 40.2 Å². The lowest BCUT2D eigenvalue weighted by atomic mass is 10.1. The Morgan fingerprint density at radius 1 is 0.938 bits per heavy atom. The number of methoxy groups -OCH3 is 4. The SMILES string of the molecule is COc1ccc(/C=C\c2cc(OC)c(OC)c(OC)c2)cc1N.CSCC[C@H](N)C(N)=O. The molecular formula is C23H33N3O5S. The third kappa shape index (κ3) is 8.24. The van der Waals surface area contributed by atoms with Gasteiger partial charge in [-0.15, -0.1) is 0 Å². The molecule has 6 N–H and O–H groups in total. The van der Waals surface area contributed by atoms with E-state index in [1.807, 2.05) is 48.7 Å². The highest BCUT2D eigenvalue weighted by Crippen LogP contribution is 2.38. The summed E-state index contributed by atoms with van der Waals surface area (Å²) in [4.78, 5) is 10.3. The molecule has 32 heavy (non-hydrogen) atoms. The van der Waals surface area contributed by atoms with Gasteiger partial charge in [-0.1, -0.05) is 18.2 Å². The minimum absolute atomic E-state index is 0.413. The summed E-state index contributed by atoms with van der Waals surface area (Å²) < 4.78 is 21.2. The molecule has 0 aliphatic rings. The van der Waals surface area contributed by atoms with Crippen molar-refractivity contribution in [2.24, 2.45) is 11.5 Å². The van der Waals surface area contributed by atoms with Crippen LogP contribution < -0.4 is 36.1 Å². The fraction of sp³-hybridized carbons (Fsp3) is 0.348. The normalized spacial score (nSPS) is 11.3. The Morgan fingerprint density at radius 3 is 1.94 bits per heavy atom. The third-order valence-corrected chi connectivity index (χ3v) is 5.05. The summed E-state index contributed by atoms with van der Waals surface area (Å²) in [5, 5.41) is 0. The van der Waals surface area contributed by atoms with Crippen LogP contribution in [-0.2, 0) is 4.79 Å². The predicted octanol–water partition coefficient (Wildman–Crippen LogP) is 3.03. The van der Waals surface area contributed by atoms with Crippen molar-refractivity contribution >= 4 is 35.5 Å². The van der Waals surface area contributed by atoms with Crippen molar-refractivity contribution < 1.29 is 23.7 Å². The topological polar surface area (TPSA) is 132 Å². The van der Waals surface area contributed by atoms with Gasteiger partial charge in [-0.25, -0.2) is 0 Å². The molecule has 0 saturated carbocycles. The number of nitrogens with two attached hydrogens (primary N) is 3. The van der Waals surface area contributed by atoms with Crippen LogP contribution in [0.2, 0.25) is 0 Å². The fourth-order valence-electron chi connectivity index (χ4n) is 2.63. The maximum Gasteiger partial charge on any atom is 0.234 e. The molecule has 0 aliphatic carbocycles. The zero-order chi connectivity index (χ0) is 24.1. The largest absolute Gasteiger partial charge is 0.495 e. The van der Waals surface area contributed by atoms with E-state index >= 15 is 0 Å². The van der Waals surface area contributed by atoms with Crippen molar-refractivity contribution in [2.45, 2.75) is 12.5 Å². The maximum absolute atomic E-state index is 10.3. The third-order valence-electron chi connectivity index (χ3n) is 4.41. The Hall–Kier alpha value is -3.04. The van der Waals surface area contributed by atoms with Gasteiger partial charge in [-0.05, 0) is 53.8 Å². The van der Waals surface area contributed by atoms with E-state index in [4.69, 9.17) is 36.1 Å². The molecule has 0 saturated heterocycles. The van der Waals surface area contributed by atoms with E-state index < -0.39 is 11.9 Å². The number of rotatable bonds is 10. The number of primary amides is 1. The molecule has 0 bridgehead atoms.